The van der Waals surface area contributed by atoms with E-state index in [1.807, 2.05) is 19.2 Å². The standard InChI is InChI=1S/C15H24FN3/c1-18-10-5-8-15(12-17,9-11-18)19(2)14-7-4-3-6-13(14)16/h3-4,6-7H,5,8-12,17H2,1-2H3. The van der Waals surface area contributed by atoms with Gasteiger partial charge in [0.15, 0.2) is 0 Å². The third kappa shape index (κ3) is 2.90. The van der Waals surface area contributed by atoms with Crippen LogP contribution < -0.4 is 10.6 Å². The summed E-state index contributed by atoms with van der Waals surface area (Å²) in [7, 11) is 4.10. The Balaban J connectivity index is 2.27. The normalized spacial score (nSPS) is 25.1. The second kappa shape index (κ2) is 5.88. The molecule has 1 aromatic rings. The maximum absolute atomic E-state index is 14.0. The number of rotatable bonds is 3. The lowest BCUT2D eigenvalue weighted by Crippen LogP contribution is -2.53. The van der Waals surface area contributed by atoms with Gasteiger partial charge in [0.1, 0.15) is 5.82 Å². The maximum atomic E-state index is 14.0. The van der Waals surface area contributed by atoms with Crippen LogP contribution >= 0.6 is 0 Å². The Morgan fingerprint density at radius 1 is 1.32 bits per heavy atom. The lowest BCUT2D eigenvalue weighted by atomic mass is 9.88. The summed E-state index contributed by atoms with van der Waals surface area (Å²) in [4.78, 5) is 4.38. The highest BCUT2D eigenvalue weighted by atomic mass is 19.1. The van der Waals surface area contributed by atoms with Gasteiger partial charge in [-0.05, 0) is 45.0 Å². The van der Waals surface area contributed by atoms with Crippen LogP contribution in [0.25, 0.3) is 0 Å². The molecule has 1 fully saturated rings. The first kappa shape index (κ1) is 14.3. The molecule has 106 valence electrons. The molecule has 3 nitrogen and oxygen atoms in total. The van der Waals surface area contributed by atoms with Crippen LogP contribution in [0.5, 0.6) is 0 Å². The van der Waals surface area contributed by atoms with Gasteiger partial charge in [0.05, 0.1) is 11.2 Å². The number of likely N-dealkylation sites (N-methyl/N-ethyl adjacent to an activating group) is 1. The van der Waals surface area contributed by atoms with E-state index in [2.05, 4.69) is 16.8 Å². The molecule has 1 unspecified atom stereocenters. The average molecular weight is 265 g/mol. The van der Waals surface area contributed by atoms with E-state index in [4.69, 9.17) is 5.73 Å². The molecular weight excluding hydrogens is 241 g/mol. The van der Waals surface area contributed by atoms with E-state index in [9.17, 15) is 4.39 Å². The van der Waals surface area contributed by atoms with Crippen LogP contribution in [0.3, 0.4) is 0 Å². The van der Waals surface area contributed by atoms with Crippen LogP contribution in [0.15, 0.2) is 24.3 Å². The van der Waals surface area contributed by atoms with Crippen LogP contribution in [0.2, 0.25) is 0 Å². The third-order valence-electron chi connectivity index (χ3n) is 4.45. The average Bonchev–Trinajstić information content (AvgIpc) is 2.61. The SMILES string of the molecule is CN1CCCC(CN)(N(C)c2ccccc2F)CC1. The molecular formula is C15H24FN3. The third-order valence-corrected chi connectivity index (χ3v) is 4.45. The molecule has 1 aliphatic rings. The fourth-order valence-corrected chi connectivity index (χ4v) is 2.97. The second-order valence-electron chi connectivity index (χ2n) is 5.60. The van der Waals surface area contributed by atoms with Crippen molar-refractivity contribution >= 4 is 5.69 Å². The van der Waals surface area contributed by atoms with Crippen molar-refractivity contribution in [3.05, 3.63) is 30.1 Å². The minimum atomic E-state index is -0.171. The van der Waals surface area contributed by atoms with Crippen LogP contribution in [-0.2, 0) is 0 Å². The molecule has 0 amide bonds. The van der Waals surface area contributed by atoms with Crippen molar-refractivity contribution in [1.29, 1.82) is 0 Å². The largest absolute Gasteiger partial charge is 0.365 e. The van der Waals surface area contributed by atoms with Gasteiger partial charge >= 0.3 is 0 Å². The topological polar surface area (TPSA) is 32.5 Å². The lowest BCUT2D eigenvalue weighted by molar-refractivity contribution is 0.323. The van der Waals surface area contributed by atoms with Crippen LogP contribution in [0.1, 0.15) is 19.3 Å². The summed E-state index contributed by atoms with van der Waals surface area (Å²) in [6.07, 6.45) is 3.09. The van der Waals surface area contributed by atoms with E-state index >= 15 is 0 Å². The van der Waals surface area contributed by atoms with Gasteiger partial charge in [-0.25, -0.2) is 4.39 Å². The number of nitrogens with two attached hydrogens (primary N) is 1. The van der Waals surface area contributed by atoms with Gasteiger partial charge in [0, 0.05) is 20.1 Å². The van der Waals surface area contributed by atoms with Crippen molar-refractivity contribution in [1.82, 2.24) is 4.90 Å². The molecule has 0 bridgehead atoms. The number of likely N-dealkylation sites (tertiary alicyclic amines) is 1. The van der Waals surface area contributed by atoms with Crippen LogP contribution in [0.4, 0.5) is 10.1 Å². The molecule has 0 aliphatic carbocycles. The van der Waals surface area contributed by atoms with Crippen molar-refractivity contribution in [2.24, 2.45) is 5.73 Å². The number of hydrogen-bond acceptors (Lipinski definition) is 3. The Kier molecular flexibility index (Phi) is 4.42. The van der Waals surface area contributed by atoms with E-state index in [0.29, 0.717) is 12.2 Å². The summed E-state index contributed by atoms with van der Waals surface area (Å²) < 4.78 is 14.0. The smallest absolute Gasteiger partial charge is 0.146 e. The molecule has 2 rings (SSSR count). The Bertz CT molecular complexity index is 424. The molecule has 2 N–H and O–H groups in total. The predicted octanol–water partition coefficient (Wildman–Crippen LogP) is 2.08. The molecule has 0 radical (unpaired) electrons. The van der Waals surface area contributed by atoms with Crippen molar-refractivity contribution in [2.75, 3.05) is 38.6 Å². The predicted molar refractivity (Wildman–Crippen MR) is 77.9 cm³/mol. The summed E-state index contributed by atoms with van der Waals surface area (Å²) in [6, 6.07) is 6.95. The van der Waals surface area contributed by atoms with Gasteiger partial charge < -0.3 is 15.5 Å². The van der Waals surface area contributed by atoms with E-state index in [0.717, 1.165) is 32.4 Å². The maximum Gasteiger partial charge on any atom is 0.146 e. The molecule has 0 saturated carbocycles. The van der Waals surface area contributed by atoms with Crippen LogP contribution in [-0.4, -0.2) is 44.2 Å². The van der Waals surface area contributed by atoms with E-state index in [-0.39, 0.29) is 11.4 Å². The molecule has 1 heterocycles. The second-order valence-corrected chi connectivity index (χ2v) is 5.60. The summed E-state index contributed by atoms with van der Waals surface area (Å²) >= 11 is 0. The summed E-state index contributed by atoms with van der Waals surface area (Å²) in [5.74, 6) is -0.171. The zero-order valence-electron chi connectivity index (χ0n) is 11.9. The molecule has 4 heteroatoms. The molecule has 1 aliphatic heterocycles. The number of nitrogens with zero attached hydrogens (tertiary/aromatic N) is 2. The number of benzene rings is 1. The van der Waals surface area contributed by atoms with Gasteiger partial charge in [0.2, 0.25) is 0 Å². The molecule has 1 saturated heterocycles. The van der Waals surface area contributed by atoms with Crippen molar-refractivity contribution < 1.29 is 4.39 Å². The minimum Gasteiger partial charge on any atom is -0.365 e. The van der Waals surface area contributed by atoms with Crippen molar-refractivity contribution in [3.8, 4) is 0 Å². The molecule has 1 atom stereocenters. The quantitative estimate of drug-likeness (QED) is 0.908. The fraction of sp³-hybridized carbons (Fsp3) is 0.600. The zero-order chi connectivity index (χ0) is 13.9. The molecule has 1 aromatic carbocycles. The Labute approximate surface area is 115 Å². The number of para-hydroxylation sites is 1. The van der Waals surface area contributed by atoms with Crippen molar-refractivity contribution in [3.63, 3.8) is 0 Å². The number of halogens is 1. The summed E-state index contributed by atoms with van der Waals surface area (Å²) in [6.45, 7) is 2.66. The van der Waals surface area contributed by atoms with Gasteiger partial charge in [0.25, 0.3) is 0 Å². The zero-order valence-corrected chi connectivity index (χ0v) is 11.9. The van der Waals surface area contributed by atoms with Crippen molar-refractivity contribution in [2.45, 2.75) is 24.8 Å². The molecule has 0 spiro atoms. The Hall–Kier alpha value is -1.13. The van der Waals surface area contributed by atoms with Crippen LogP contribution in [0, 0.1) is 5.82 Å². The van der Waals surface area contributed by atoms with E-state index in [1.54, 1.807) is 6.07 Å². The van der Waals surface area contributed by atoms with Gasteiger partial charge in [-0.3, -0.25) is 0 Å². The van der Waals surface area contributed by atoms with Gasteiger partial charge in [-0.1, -0.05) is 12.1 Å². The molecule has 0 aromatic heterocycles. The molecule has 19 heavy (non-hydrogen) atoms. The highest BCUT2D eigenvalue weighted by molar-refractivity contribution is 5.49. The minimum absolute atomic E-state index is 0.132. The summed E-state index contributed by atoms with van der Waals surface area (Å²) in [5.41, 5.74) is 6.58. The Morgan fingerprint density at radius 2 is 2.05 bits per heavy atom. The first-order valence-corrected chi connectivity index (χ1v) is 6.96. The highest BCUT2D eigenvalue weighted by Gasteiger charge is 2.35. The summed E-state index contributed by atoms with van der Waals surface area (Å²) in [5, 5.41) is 0. The van der Waals surface area contributed by atoms with Gasteiger partial charge in [-0.2, -0.15) is 0 Å². The number of hydrogen-bond donors (Lipinski definition) is 1. The first-order valence-electron chi connectivity index (χ1n) is 6.96. The number of anilines is 1. The highest BCUT2D eigenvalue weighted by Crippen LogP contribution is 2.32. The first-order chi connectivity index (χ1) is 9.09. The van der Waals surface area contributed by atoms with E-state index in [1.165, 1.54) is 6.07 Å². The van der Waals surface area contributed by atoms with E-state index < -0.39 is 0 Å². The lowest BCUT2D eigenvalue weighted by Gasteiger charge is -2.42. The Morgan fingerprint density at radius 3 is 2.74 bits per heavy atom. The monoisotopic (exact) mass is 265 g/mol. The fourth-order valence-electron chi connectivity index (χ4n) is 2.97. The van der Waals surface area contributed by atoms with Gasteiger partial charge in [-0.15, -0.1) is 0 Å².